The van der Waals surface area contributed by atoms with E-state index in [-0.39, 0.29) is 12.6 Å². The summed E-state index contributed by atoms with van der Waals surface area (Å²) in [5, 5.41) is 12.1. The van der Waals surface area contributed by atoms with Crippen molar-refractivity contribution < 1.29 is 14.6 Å². The first-order valence-corrected chi connectivity index (χ1v) is 13.9. The molecule has 5 heteroatoms. The summed E-state index contributed by atoms with van der Waals surface area (Å²) < 4.78 is 5.53. The van der Waals surface area contributed by atoms with Gasteiger partial charge in [0.1, 0.15) is 6.61 Å². The molecule has 0 radical (unpaired) electrons. The Morgan fingerprint density at radius 2 is 1.38 bits per heavy atom. The standard InChI is InChI=1S/C27H56N2O3/c1-4-6-8-10-12-16-21-29(22-17-13-11-9-7-5-2)23-25-32-27(31)19-15-14-18-26(3)28-20-24-30/h26,28,30H,4-25H2,1-3H3. The van der Waals surface area contributed by atoms with Gasteiger partial charge in [-0.25, -0.2) is 0 Å². The number of aliphatic hydroxyl groups is 1. The van der Waals surface area contributed by atoms with Crippen molar-refractivity contribution in [2.45, 2.75) is 130 Å². The average Bonchev–Trinajstić information content (AvgIpc) is 2.79. The van der Waals surface area contributed by atoms with Gasteiger partial charge in [0.05, 0.1) is 6.61 Å². The van der Waals surface area contributed by atoms with Crippen LogP contribution in [-0.2, 0) is 9.53 Å². The fourth-order valence-corrected chi connectivity index (χ4v) is 4.06. The van der Waals surface area contributed by atoms with Crippen LogP contribution in [0.25, 0.3) is 0 Å². The van der Waals surface area contributed by atoms with E-state index >= 15 is 0 Å². The molecular weight excluding hydrogens is 400 g/mol. The second kappa shape index (κ2) is 25.0. The van der Waals surface area contributed by atoms with E-state index in [1.54, 1.807) is 0 Å². The van der Waals surface area contributed by atoms with Crippen LogP contribution < -0.4 is 5.32 Å². The lowest BCUT2D eigenvalue weighted by molar-refractivity contribution is -0.144. The summed E-state index contributed by atoms with van der Waals surface area (Å²) >= 11 is 0. The van der Waals surface area contributed by atoms with Crippen molar-refractivity contribution in [3.05, 3.63) is 0 Å². The lowest BCUT2D eigenvalue weighted by Crippen LogP contribution is -2.30. The molecule has 1 unspecified atom stereocenters. The van der Waals surface area contributed by atoms with Gasteiger partial charge in [0.25, 0.3) is 0 Å². The van der Waals surface area contributed by atoms with E-state index in [9.17, 15) is 4.79 Å². The molecule has 1 atom stereocenters. The molecular formula is C27H56N2O3. The highest BCUT2D eigenvalue weighted by atomic mass is 16.5. The van der Waals surface area contributed by atoms with Crippen LogP contribution in [0.15, 0.2) is 0 Å². The van der Waals surface area contributed by atoms with Gasteiger partial charge < -0.3 is 15.2 Å². The van der Waals surface area contributed by atoms with E-state index < -0.39 is 0 Å². The van der Waals surface area contributed by atoms with E-state index in [2.05, 4.69) is 31.0 Å². The van der Waals surface area contributed by atoms with Gasteiger partial charge in [-0.1, -0.05) is 84.5 Å². The summed E-state index contributed by atoms with van der Waals surface area (Å²) in [7, 11) is 0. The van der Waals surface area contributed by atoms with E-state index in [1.807, 2.05) is 0 Å². The predicted octanol–water partition coefficient (Wildman–Crippen LogP) is 6.08. The maximum absolute atomic E-state index is 12.1. The lowest BCUT2D eigenvalue weighted by Gasteiger charge is -2.22. The Balaban J connectivity index is 3.98. The summed E-state index contributed by atoms with van der Waals surface area (Å²) in [6.45, 7) is 11.1. The molecule has 5 nitrogen and oxygen atoms in total. The number of esters is 1. The molecule has 0 aromatic carbocycles. The number of rotatable bonds is 25. The molecule has 0 aliphatic carbocycles. The van der Waals surface area contributed by atoms with Crippen LogP contribution in [0, 0.1) is 0 Å². The quantitative estimate of drug-likeness (QED) is 0.129. The SMILES string of the molecule is CCCCCCCCN(CCCCCCCC)CCOC(=O)CCCCC(C)NCCO. The van der Waals surface area contributed by atoms with Gasteiger partial charge in [-0.3, -0.25) is 9.69 Å². The topological polar surface area (TPSA) is 61.8 Å². The number of aliphatic hydroxyl groups excluding tert-OH is 1. The molecule has 0 spiro atoms. The van der Waals surface area contributed by atoms with Gasteiger partial charge in [-0.2, -0.15) is 0 Å². The van der Waals surface area contributed by atoms with Crippen LogP contribution in [0.4, 0.5) is 0 Å². The minimum Gasteiger partial charge on any atom is -0.464 e. The van der Waals surface area contributed by atoms with Crippen molar-refractivity contribution in [2.75, 3.05) is 39.4 Å². The molecule has 0 aliphatic heterocycles. The number of nitrogens with zero attached hydrogens (tertiary/aromatic N) is 1. The zero-order valence-corrected chi connectivity index (χ0v) is 21.8. The Hall–Kier alpha value is -0.650. The molecule has 2 N–H and O–H groups in total. The van der Waals surface area contributed by atoms with Crippen LogP contribution in [0.1, 0.15) is 124 Å². The number of carbonyl (C=O) groups is 1. The van der Waals surface area contributed by atoms with Crippen LogP contribution in [-0.4, -0.2) is 61.4 Å². The van der Waals surface area contributed by atoms with Crippen LogP contribution in [0.2, 0.25) is 0 Å². The summed E-state index contributed by atoms with van der Waals surface area (Å²) in [6, 6.07) is 0.385. The van der Waals surface area contributed by atoms with Crippen LogP contribution in [0.5, 0.6) is 0 Å². The first-order valence-electron chi connectivity index (χ1n) is 13.9. The van der Waals surface area contributed by atoms with Gasteiger partial charge in [0.2, 0.25) is 0 Å². The monoisotopic (exact) mass is 456 g/mol. The van der Waals surface area contributed by atoms with E-state index in [4.69, 9.17) is 9.84 Å². The van der Waals surface area contributed by atoms with Crippen molar-refractivity contribution in [3.63, 3.8) is 0 Å². The molecule has 0 rings (SSSR count). The summed E-state index contributed by atoms with van der Waals surface area (Å²) in [6.07, 6.45) is 19.3. The third-order valence-electron chi connectivity index (χ3n) is 6.20. The maximum Gasteiger partial charge on any atom is 0.305 e. The van der Waals surface area contributed by atoms with Crippen LogP contribution in [0.3, 0.4) is 0 Å². The van der Waals surface area contributed by atoms with Crippen molar-refractivity contribution in [2.24, 2.45) is 0 Å². The van der Waals surface area contributed by atoms with Crippen molar-refractivity contribution >= 4 is 5.97 Å². The number of hydrogen-bond donors (Lipinski definition) is 2. The highest BCUT2D eigenvalue weighted by Crippen LogP contribution is 2.09. The second-order valence-corrected chi connectivity index (χ2v) is 9.42. The number of ether oxygens (including phenoxy) is 1. The zero-order chi connectivity index (χ0) is 23.7. The largest absolute Gasteiger partial charge is 0.464 e. The van der Waals surface area contributed by atoms with E-state index in [0.717, 1.165) is 38.9 Å². The fraction of sp³-hybridized carbons (Fsp3) is 0.963. The van der Waals surface area contributed by atoms with E-state index in [1.165, 1.54) is 77.0 Å². The molecule has 0 aromatic heterocycles. The number of hydrogen-bond acceptors (Lipinski definition) is 5. The zero-order valence-electron chi connectivity index (χ0n) is 21.8. The number of carbonyl (C=O) groups excluding carboxylic acids is 1. The molecule has 0 fully saturated rings. The van der Waals surface area contributed by atoms with Gasteiger partial charge >= 0.3 is 5.97 Å². The average molecular weight is 457 g/mol. The van der Waals surface area contributed by atoms with Crippen molar-refractivity contribution in [1.29, 1.82) is 0 Å². The predicted molar refractivity (Wildman–Crippen MR) is 137 cm³/mol. The fourth-order valence-electron chi connectivity index (χ4n) is 4.06. The summed E-state index contributed by atoms with van der Waals surface area (Å²) in [5.41, 5.74) is 0. The normalized spacial score (nSPS) is 12.4. The Morgan fingerprint density at radius 3 is 1.94 bits per heavy atom. The maximum atomic E-state index is 12.1. The Kier molecular flexibility index (Phi) is 24.5. The Bertz CT molecular complexity index is 377. The van der Waals surface area contributed by atoms with Gasteiger partial charge in [-0.15, -0.1) is 0 Å². The number of nitrogens with one attached hydrogen (secondary N) is 1. The Labute approximate surface area is 200 Å². The molecule has 0 aromatic rings. The summed E-state index contributed by atoms with van der Waals surface area (Å²) in [5.74, 6) is -0.0555. The highest BCUT2D eigenvalue weighted by Gasteiger charge is 2.08. The van der Waals surface area contributed by atoms with E-state index in [0.29, 0.717) is 25.6 Å². The van der Waals surface area contributed by atoms with Gasteiger partial charge in [-0.05, 0) is 45.7 Å². The van der Waals surface area contributed by atoms with Gasteiger partial charge in [0, 0.05) is 25.6 Å². The van der Waals surface area contributed by atoms with Crippen molar-refractivity contribution in [3.8, 4) is 0 Å². The molecule has 0 saturated heterocycles. The first kappa shape index (κ1) is 31.4. The smallest absolute Gasteiger partial charge is 0.305 e. The Morgan fingerprint density at radius 1 is 0.812 bits per heavy atom. The molecule has 0 heterocycles. The molecule has 0 bridgehead atoms. The third kappa shape index (κ3) is 22.5. The highest BCUT2D eigenvalue weighted by molar-refractivity contribution is 5.69. The lowest BCUT2D eigenvalue weighted by atomic mass is 10.1. The molecule has 0 aliphatic rings. The van der Waals surface area contributed by atoms with Crippen LogP contribution >= 0.6 is 0 Å². The molecule has 192 valence electrons. The third-order valence-corrected chi connectivity index (χ3v) is 6.20. The first-order chi connectivity index (χ1) is 15.6. The summed E-state index contributed by atoms with van der Waals surface area (Å²) in [4.78, 5) is 14.6. The molecule has 0 saturated carbocycles. The molecule has 32 heavy (non-hydrogen) atoms. The number of unbranched alkanes of at least 4 members (excludes halogenated alkanes) is 11. The van der Waals surface area contributed by atoms with Crippen molar-refractivity contribution in [1.82, 2.24) is 10.2 Å². The minimum absolute atomic E-state index is 0.0555. The minimum atomic E-state index is -0.0555. The van der Waals surface area contributed by atoms with Gasteiger partial charge in [0.15, 0.2) is 0 Å². The second-order valence-electron chi connectivity index (χ2n) is 9.42. The molecule has 0 amide bonds.